The molecule has 0 amide bonds. The van der Waals surface area contributed by atoms with Crippen molar-refractivity contribution in [1.82, 2.24) is 0 Å². The molecule has 0 nitrogen and oxygen atoms in total. The lowest BCUT2D eigenvalue weighted by Crippen LogP contribution is -1.94. The van der Waals surface area contributed by atoms with Crippen LogP contribution in [0, 0.1) is 27.7 Å². The molecule has 0 N–H and O–H groups in total. The van der Waals surface area contributed by atoms with Gasteiger partial charge in [0.15, 0.2) is 0 Å². The van der Waals surface area contributed by atoms with Gasteiger partial charge in [0.2, 0.25) is 0 Å². The Hall–Kier alpha value is -1.56. The molecule has 2 aromatic carbocycles. The topological polar surface area (TPSA) is 0 Å². The van der Waals surface area contributed by atoms with Gasteiger partial charge in [0.1, 0.15) is 0 Å². The lowest BCUT2D eigenvalue weighted by atomic mass is 9.96. The van der Waals surface area contributed by atoms with Crippen molar-refractivity contribution < 1.29 is 0 Å². The number of benzene rings is 2. The fourth-order valence-corrected chi connectivity index (χ4v) is 3.15. The zero-order valence-electron chi connectivity index (χ0n) is 14.7. The summed E-state index contributed by atoms with van der Waals surface area (Å²) >= 11 is 0. The third-order valence-electron chi connectivity index (χ3n) is 5.08. The zero-order valence-corrected chi connectivity index (χ0v) is 14.7. The molecular weight excluding hydrogens is 264 g/mol. The summed E-state index contributed by atoms with van der Waals surface area (Å²) in [5.74, 6) is 0. The first-order valence-corrected chi connectivity index (χ1v) is 8.70. The zero-order chi connectivity index (χ0) is 15.9. The summed E-state index contributed by atoms with van der Waals surface area (Å²) in [6, 6.07) is 13.4. The summed E-state index contributed by atoms with van der Waals surface area (Å²) in [6.07, 6.45) is 7.79. The maximum Gasteiger partial charge on any atom is -0.0276 e. The first-order chi connectivity index (χ1) is 10.6. The van der Waals surface area contributed by atoms with E-state index in [1.54, 1.807) is 0 Å². The molecule has 0 aliphatic rings. The molecule has 0 aromatic heterocycles. The average Bonchev–Trinajstić information content (AvgIpc) is 2.51. The SMILES string of the molecule is Cc1cccc(CCCCCCc2cccc(C)c2C)c1C. The van der Waals surface area contributed by atoms with E-state index in [-0.39, 0.29) is 0 Å². The van der Waals surface area contributed by atoms with Crippen LogP contribution in [0.5, 0.6) is 0 Å². The van der Waals surface area contributed by atoms with Gasteiger partial charge in [0.25, 0.3) is 0 Å². The summed E-state index contributed by atoms with van der Waals surface area (Å²) in [4.78, 5) is 0. The van der Waals surface area contributed by atoms with Crippen LogP contribution in [0.3, 0.4) is 0 Å². The molecule has 2 rings (SSSR count). The first kappa shape index (κ1) is 16.8. The molecule has 0 spiro atoms. The molecule has 0 fully saturated rings. The van der Waals surface area contributed by atoms with E-state index in [1.165, 1.54) is 71.9 Å². The molecule has 2 aromatic rings. The molecule has 0 aliphatic carbocycles. The standard InChI is InChI=1S/C22H30/c1-17-11-9-15-21(19(17)3)13-7-5-6-8-14-22-16-10-12-18(2)20(22)4/h9-12,15-16H,5-8,13-14H2,1-4H3. The van der Waals surface area contributed by atoms with Crippen LogP contribution in [0.1, 0.15) is 59.1 Å². The average molecular weight is 294 g/mol. The Bertz CT molecular complexity index is 552. The van der Waals surface area contributed by atoms with E-state index in [1.807, 2.05) is 0 Å². The Morgan fingerprint density at radius 1 is 0.545 bits per heavy atom. The lowest BCUT2D eigenvalue weighted by Gasteiger charge is -2.09. The maximum atomic E-state index is 2.29. The van der Waals surface area contributed by atoms with Gasteiger partial charge in [-0.25, -0.2) is 0 Å². The summed E-state index contributed by atoms with van der Waals surface area (Å²) in [6.45, 7) is 8.93. The largest absolute Gasteiger partial charge is 0.0617 e. The highest BCUT2D eigenvalue weighted by molar-refractivity contribution is 5.33. The van der Waals surface area contributed by atoms with Crippen molar-refractivity contribution in [1.29, 1.82) is 0 Å². The highest BCUT2D eigenvalue weighted by Crippen LogP contribution is 2.18. The van der Waals surface area contributed by atoms with Crippen molar-refractivity contribution in [2.24, 2.45) is 0 Å². The highest BCUT2D eigenvalue weighted by Gasteiger charge is 2.02. The second kappa shape index (κ2) is 8.17. The van der Waals surface area contributed by atoms with E-state index in [0.29, 0.717) is 0 Å². The van der Waals surface area contributed by atoms with Crippen LogP contribution >= 0.6 is 0 Å². The quantitative estimate of drug-likeness (QED) is 0.528. The smallest absolute Gasteiger partial charge is 0.0276 e. The maximum absolute atomic E-state index is 2.29. The third-order valence-corrected chi connectivity index (χ3v) is 5.08. The van der Waals surface area contributed by atoms with Gasteiger partial charge in [-0.05, 0) is 86.8 Å². The van der Waals surface area contributed by atoms with Gasteiger partial charge in [0.05, 0.1) is 0 Å². The van der Waals surface area contributed by atoms with Crippen LogP contribution in [0.25, 0.3) is 0 Å². The summed E-state index contributed by atoms with van der Waals surface area (Å²) in [5, 5.41) is 0. The van der Waals surface area contributed by atoms with Gasteiger partial charge in [-0.3, -0.25) is 0 Å². The van der Waals surface area contributed by atoms with E-state index >= 15 is 0 Å². The lowest BCUT2D eigenvalue weighted by molar-refractivity contribution is 0.638. The molecule has 0 unspecified atom stereocenters. The first-order valence-electron chi connectivity index (χ1n) is 8.70. The third kappa shape index (κ3) is 4.47. The molecule has 0 bridgehead atoms. The minimum atomic E-state index is 1.23. The van der Waals surface area contributed by atoms with Crippen LogP contribution in [0.4, 0.5) is 0 Å². The fourth-order valence-electron chi connectivity index (χ4n) is 3.15. The van der Waals surface area contributed by atoms with Crippen molar-refractivity contribution in [3.05, 3.63) is 69.8 Å². The molecule has 0 atom stereocenters. The molecule has 0 saturated carbocycles. The number of unbranched alkanes of at least 4 members (excludes halogenated alkanes) is 3. The van der Waals surface area contributed by atoms with E-state index < -0.39 is 0 Å². The van der Waals surface area contributed by atoms with Crippen molar-refractivity contribution in [3.8, 4) is 0 Å². The van der Waals surface area contributed by atoms with E-state index in [4.69, 9.17) is 0 Å². The van der Waals surface area contributed by atoms with Crippen molar-refractivity contribution in [2.45, 2.75) is 66.2 Å². The van der Waals surface area contributed by atoms with E-state index in [9.17, 15) is 0 Å². The molecule has 0 saturated heterocycles. The Morgan fingerprint density at radius 3 is 1.36 bits per heavy atom. The van der Waals surface area contributed by atoms with Gasteiger partial charge in [-0.15, -0.1) is 0 Å². The van der Waals surface area contributed by atoms with Gasteiger partial charge < -0.3 is 0 Å². The van der Waals surface area contributed by atoms with Gasteiger partial charge in [-0.2, -0.15) is 0 Å². The van der Waals surface area contributed by atoms with Gasteiger partial charge in [0, 0.05) is 0 Å². The van der Waals surface area contributed by atoms with Crippen molar-refractivity contribution in [2.75, 3.05) is 0 Å². The van der Waals surface area contributed by atoms with E-state index in [2.05, 4.69) is 64.1 Å². The van der Waals surface area contributed by atoms with Crippen LogP contribution in [0.2, 0.25) is 0 Å². The van der Waals surface area contributed by atoms with Gasteiger partial charge in [-0.1, -0.05) is 49.2 Å². The highest BCUT2D eigenvalue weighted by atomic mass is 14.1. The van der Waals surface area contributed by atoms with Crippen molar-refractivity contribution >= 4 is 0 Å². The second-order valence-electron chi connectivity index (χ2n) is 6.63. The molecule has 0 radical (unpaired) electrons. The fraction of sp³-hybridized carbons (Fsp3) is 0.455. The summed E-state index contributed by atoms with van der Waals surface area (Å²) in [7, 11) is 0. The molecule has 22 heavy (non-hydrogen) atoms. The minimum absolute atomic E-state index is 1.23. The number of rotatable bonds is 7. The van der Waals surface area contributed by atoms with Crippen molar-refractivity contribution in [3.63, 3.8) is 0 Å². The Balaban J connectivity index is 1.70. The number of aryl methyl sites for hydroxylation is 4. The Labute approximate surface area is 136 Å². The molecule has 0 heteroatoms. The normalized spacial score (nSPS) is 10.9. The van der Waals surface area contributed by atoms with Crippen LogP contribution < -0.4 is 0 Å². The predicted molar refractivity (Wildman–Crippen MR) is 97.7 cm³/mol. The van der Waals surface area contributed by atoms with Crippen LogP contribution in [-0.4, -0.2) is 0 Å². The number of hydrogen-bond donors (Lipinski definition) is 0. The van der Waals surface area contributed by atoms with Gasteiger partial charge >= 0.3 is 0 Å². The molecule has 0 heterocycles. The molecule has 118 valence electrons. The van der Waals surface area contributed by atoms with E-state index in [0.717, 1.165) is 0 Å². The monoisotopic (exact) mass is 294 g/mol. The Kier molecular flexibility index (Phi) is 6.24. The molecule has 0 aliphatic heterocycles. The summed E-state index contributed by atoms with van der Waals surface area (Å²) < 4.78 is 0. The minimum Gasteiger partial charge on any atom is -0.0617 e. The molecular formula is C22H30. The predicted octanol–water partition coefficient (Wildman–Crippen LogP) is 6.27. The second-order valence-corrected chi connectivity index (χ2v) is 6.63. The van der Waals surface area contributed by atoms with Crippen LogP contribution in [0.15, 0.2) is 36.4 Å². The van der Waals surface area contributed by atoms with Crippen LogP contribution in [-0.2, 0) is 12.8 Å². The number of hydrogen-bond acceptors (Lipinski definition) is 0. The summed E-state index contributed by atoms with van der Waals surface area (Å²) in [5.41, 5.74) is 8.89. The Morgan fingerprint density at radius 2 is 0.955 bits per heavy atom.